The van der Waals surface area contributed by atoms with Crippen molar-refractivity contribution in [1.82, 2.24) is 0 Å². The molecule has 4 aromatic rings. The summed E-state index contributed by atoms with van der Waals surface area (Å²) in [5.41, 5.74) is 4.56. The summed E-state index contributed by atoms with van der Waals surface area (Å²) in [7, 11) is 0. The molecule has 0 saturated carbocycles. The van der Waals surface area contributed by atoms with Crippen molar-refractivity contribution in [3.63, 3.8) is 0 Å². The van der Waals surface area contributed by atoms with E-state index in [-0.39, 0.29) is 0 Å². The zero-order valence-electron chi connectivity index (χ0n) is 18.1. The van der Waals surface area contributed by atoms with Gasteiger partial charge in [-0.15, -0.1) is 0 Å². The summed E-state index contributed by atoms with van der Waals surface area (Å²) in [5, 5.41) is 5.93. The average molecular weight is 555 g/mol. The highest BCUT2D eigenvalue weighted by Crippen LogP contribution is 2.38. The fraction of sp³-hybridized carbons (Fsp3) is 0.185. The van der Waals surface area contributed by atoms with Crippen LogP contribution in [0.15, 0.2) is 81.7 Å². The minimum atomic E-state index is 0.468. The highest BCUT2D eigenvalue weighted by molar-refractivity contribution is 9.10. The molecule has 0 spiro atoms. The Balaban J connectivity index is 1.54. The molecule has 0 bridgehead atoms. The molecule has 0 atom stereocenters. The lowest BCUT2D eigenvalue weighted by atomic mass is 10.1. The Labute approximate surface area is 206 Å². The van der Waals surface area contributed by atoms with E-state index in [2.05, 4.69) is 105 Å². The molecular formula is C27H25Br2NO2. The topological polar surface area (TPSA) is 30.5 Å². The van der Waals surface area contributed by atoms with Crippen LogP contribution in [-0.4, -0.2) is 6.61 Å². The van der Waals surface area contributed by atoms with Crippen molar-refractivity contribution in [3.05, 3.63) is 98.4 Å². The van der Waals surface area contributed by atoms with Crippen LogP contribution in [0.4, 0.5) is 5.69 Å². The van der Waals surface area contributed by atoms with E-state index in [9.17, 15) is 0 Å². The van der Waals surface area contributed by atoms with Crippen molar-refractivity contribution in [2.75, 3.05) is 11.9 Å². The fourth-order valence-electron chi connectivity index (χ4n) is 3.72. The molecule has 0 aromatic heterocycles. The van der Waals surface area contributed by atoms with Gasteiger partial charge in [-0.05, 0) is 87.6 Å². The molecule has 5 heteroatoms. The number of benzene rings is 4. The molecule has 4 rings (SSSR count). The first-order valence-electron chi connectivity index (χ1n) is 10.6. The van der Waals surface area contributed by atoms with Crippen molar-refractivity contribution < 1.29 is 9.47 Å². The van der Waals surface area contributed by atoms with Crippen LogP contribution in [0.3, 0.4) is 0 Å². The molecular weight excluding hydrogens is 530 g/mol. The van der Waals surface area contributed by atoms with E-state index in [4.69, 9.17) is 9.47 Å². The van der Waals surface area contributed by atoms with E-state index in [0.29, 0.717) is 19.8 Å². The molecule has 0 aliphatic rings. The van der Waals surface area contributed by atoms with Crippen LogP contribution < -0.4 is 14.8 Å². The van der Waals surface area contributed by atoms with E-state index >= 15 is 0 Å². The van der Waals surface area contributed by atoms with Gasteiger partial charge >= 0.3 is 0 Å². The van der Waals surface area contributed by atoms with Crippen molar-refractivity contribution in [2.45, 2.75) is 27.0 Å². The number of fused-ring (bicyclic) bond motifs is 1. The second-order valence-electron chi connectivity index (χ2n) is 7.58. The van der Waals surface area contributed by atoms with E-state index in [0.717, 1.165) is 37.3 Å². The van der Waals surface area contributed by atoms with Crippen LogP contribution >= 0.6 is 31.9 Å². The van der Waals surface area contributed by atoms with Gasteiger partial charge in [0.2, 0.25) is 0 Å². The summed E-state index contributed by atoms with van der Waals surface area (Å²) < 4.78 is 14.2. The van der Waals surface area contributed by atoms with Crippen molar-refractivity contribution in [2.24, 2.45) is 0 Å². The first kappa shape index (κ1) is 22.7. The van der Waals surface area contributed by atoms with Gasteiger partial charge in [-0.3, -0.25) is 0 Å². The number of aryl methyl sites for hydroxylation is 1. The molecule has 0 unspecified atom stereocenters. The zero-order valence-corrected chi connectivity index (χ0v) is 21.3. The quantitative estimate of drug-likeness (QED) is 0.238. The molecule has 0 fully saturated rings. The standard InChI is InChI=1S/C27H25Br2NO2/c1-3-31-26-15-19(16-30-25-12-11-22(28)13-18(25)2)14-24(29)27(26)32-17-21-9-6-8-20-7-4-5-10-23(20)21/h4-15,30H,3,16-17H2,1-2H3. The Morgan fingerprint density at radius 3 is 2.50 bits per heavy atom. The lowest BCUT2D eigenvalue weighted by Crippen LogP contribution is -2.05. The van der Waals surface area contributed by atoms with Gasteiger partial charge < -0.3 is 14.8 Å². The second-order valence-corrected chi connectivity index (χ2v) is 9.35. The van der Waals surface area contributed by atoms with Crippen LogP contribution in [0.2, 0.25) is 0 Å². The third-order valence-corrected chi connectivity index (χ3v) is 6.37. The highest BCUT2D eigenvalue weighted by atomic mass is 79.9. The van der Waals surface area contributed by atoms with Crippen LogP contribution in [0, 0.1) is 6.92 Å². The summed E-state index contributed by atoms with van der Waals surface area (Å²) in [6.07, 6.45) is 0. The summed E-state index contributed by atoms with van der Waals surface area (Å²) >= 11 is 7.22. The Morgan fingerprint density at radius 1 is 0.875 bits per heavy atom. The summed E-state index contributed by atoms with van der Waals surface area (Å²) in [5.74, 6) is 1.47. The lowest BCUT2D eigenvalue weighted by Gasteiger charge is -2.17. The number of nitrogens with one attached hydrogen (secondary N) is 1. The molecule has 1 N–H and O–H groups in total. The molecule has 32 heavy (non-hydrogen) atoms. The molecule has 0 aliphatic carbocycles. The maximum Gasteiger partial charge on any atom is 0.175 e. The van der Waals surface area contributed by atoms with E-state index in [1.807, 2.05) is 19.1 Å². The lowest BCUT2D eigenvalue weighted by molar-refractivity contribution is 0.268. The minimum Gasteiger partial charge on any atom is -0.490 e. The smallest absolute Gasteiger partial charge is 0.175 e. The van der Waals surface area contributed by atoms with E-state index in [1.54, 1.807) is 0 Å². The molecule has 0 aliphatic heterocycles. The Bertz CT molecular complexity index is 1230. The van der Waals surface area contributed by atoms with Gasteiger partial charge in [-0.25, -0.2) is 0 Å². The summed E-state index contributed by atoms with van der Waals surface area (Å²) in [4.78, 5) is 0. The van der Waals surface area contributed by atoms with Gasteiger partial charge in [0.05, 0.1) is 11.1 Å². The molecule has 0 heterocycles. The Hall–Kier alpha value is -2.50. The van der Waals surface area contributed by atoms with Crippen LogP contribution in [0.1, 0.15) is 23.6 Å². The minimum absolute atomic E-state index is 0.468. The zero-order chi connectivity index (χ0) is 22.5. The highest BCUT2D eigenvalue weighted by Gasteiger charge is 2.14. The average Bonchev–Trinajstić information content (AvgIpc) is 2.78. The third-order valence-electron chi connectivity index (χ3n) is 5.29. The first-order valence-corrected chi connectivity index (χ1v) is 12.2. The number of hydrogen-bond acceptors (Lipinski definition) is 3. The van der Waals surface area contributed by atoms with Crippen molar-refractivity contribution in [3.8, 4) is 11.5 Å². The maximum absolute atomic E-state index is 6.27. The third kappa shape index (κ3) is 5.28. The van der Waals surface area contributed by atoms with Crippen molar-refractivity contribution in [1.29, 1.82) is 0 Å². The molecule has 0 amide bonds. The van der Waals surface area contributed by atoms with Crippen LogP contribution in [0.5, 0.6) is 11.5 Å². The number of hydrogen-bond donors (Lipinski definition) is 1. The number of ether oxygens (including phenoxy) is 2. The summed E-state index contributed by atoms with van der Waals surface area (Å²) in [6.45, 7) is 5.80. The molecule has 0 radical (unpaired) electrons. The van der Waals surface area contributed by atoms with Gasteiger partial charge in [0, 0.05) is 16.7 Å². The number of anilines is 1. The maximum atomic E-state index is 6.27. The van der Waals surface area contributed by atoms with Gasteiger partial charge in [0.1, 0.15) is 6.61 Å². The normalized spacial score (nSPS) is 10.9. The monoisotopic (exact) mass is 553 g/mol. The van der Waals surface area contributed by atoms with Gasteiger partial charge in [-0.1, -0.05) is 58.4 Å². The SMILES string of the molecule is CCOc1cc(CNc2ccc(Br)cc2C)cc(Br)c1OCc1cccc2ccccc12. The molecule has 3 nitrogen and oxygen atoms in total. The second kappa shape index (κ2) is 10.4. The number of halogens is 2. The Kier molecular flexibility index (Phi) is 7.38. The van der Waals surface area contributed by atoms with Crippen molar-refractivity contribution >= 4 is 48.3 Å². The fourth-order valence-corrected chi connectivity index (χ4v) is 4.80. The van der Waals surface area contributed by atoms with Gasteiger partial charge in [0.25, 0.3) is 0 Å². The molecule has 4 aromatic carbocycles. The molecule has 164 valence electrons. The molecule has 0 saturated heterocycles. The van der Waals surface area contributed by atoms with Crippen LogP contribution in [-0.2, 0) is 13.2 Å². The predicted octanol–water partition coefficient (Wildman–Crippen LogP) is 8.26. The van der Waals surface area contributed by atoms with E-state index in [1.165, 1.54) is 16.3 Å². The predicted molar refractivity (Wildman–Crippen MR) is 140 cm³/mol. The van der Waals surface area contributed by atoms with Gasteiger partial charge in [0.15, 0.2) is 11.5 Å². The van der Waals surface area contributed by atoms with E-state index < -0.39 is 0 Å². The first-order chi connectivity index (χ1) is 15.5. The van der Waals surface area contributed by atoms with Crippen LogP contribution in [0.25, 0.3) is 10.8 Å². The Morgan fingerprint density at radius 2 is 1.69 bits per heavy atom. The summed E-state index contributed by atoms with van der Waals surface area (Å²) in [6, 6.07) is 25.0. The van der Waals surface area contributed by atoms with Gasteiger partial charge in [-0.2, -0.15) is 0 Å². The number of rotatable bonds is 8. The largest absolute Gasteiger partial charge is 0.490 e.